The van der Waals surface area contributed by atoms with Crippen molar-refractivity contribution >= 4 is 15.9 Å². The van der Waals surface area contributed by atoms with Crippen molar-refractivity contribution in [1.82, 2.24) is 4.90 Å². The maximum Gasteiger partial charge on any atom is 0.255 e. The number of primary sulfonamides is 1. The van der Waals surface area contributed by atoms with Crippen LogP contribution in [0.1, 0.15) is 21.5 Å². The number of aryl methyl sites for hydroxylation is 1. The molecule has 0 radical (unpaired) electrons. The SMILES string of the molecule is Cc1cc(S(N)(=O)=O)cc(C(=O)N(C)CC(F)F)c1C. The van der Waals surface area contributed by atoms with Crippen LogP contribution < -0.4 is 5.14 Å². The topological polar surface area (TPSA) is 80.5 Å². The second-order valence-corrected chi connectivity index (χ2v) is 6.10. The Morgan fingerprint density at radius 2 is 1.90 bits per heavy atom. The van der Waals surface area contributed by atoms with Gasteiger partial charge >= 0.3 is 0 Å². The summed E-state index contributed by atoms with van der Waals surface area (Å²) < 4.78 is 47.3. The van der Waals surface area contributed by atoms with Crippen LogP contribution in [0.25, 0.3) is 0 Å². The molecule has 1 amide bonds. The zero-order chi connectivity index (χ0) is 15.7. The van der Waals surface area contributed by atoms with Gasteiger partial charge in [-0.05, 0) is 37.1 Å². The third-order valence-corrected chi connectivity index (χ3v) is 3.85. The van der Waals surface area contributed by atoms with Crippen LogP contribution in [0, 0.1) is 13.8 Å². The van der Waals surface area contributed by atoms with Crippen molar-refractivity contribution in [2.75, 3.05) is 13.6 Å². The van der Waals surface area contributed by atoms with Crippen LogP contribution in [0.3, 0.4) is 0 Å². The summed E-state index contributed by atoms with van der Waals surface area (Å²) >= 11 is 0. The van der Waals surface area contributed by atoms with Gasteiger partial charge in [0.2, 0.25) is 10.0 Å². The van der Waals surface area contributed by atoms with E-state index in [1.807, 2.05) is 0 Å². The van der Waals surface area contributed by atoms with Gasteiger partial charge in [-0.25, -0.2) is 22.3 Å². The number of amides is 1. The van der Waals surface area contributed by atoms with Crippen molar-refractivity contribution in [3.8, 4) is 0 Å². The monoisotopic (exact) mass is 306 g/mol. The first kappa shape index (κ1) is 16.5. The van der Waals surface area contributed by atoms with E-state index in [4.69, 9.17) is 5.14 Å². The zero-order valence-corrected chi connectivity index (χ0v) is 12.2. The van der Waals surface area contributed by atoms with Gasteiger partial charge in [0.15, 0.2) is 0 Å². The predicted molar refractivity (Wildman–Crippen MR) is 70.3 cm³/mol. The van der Waals surface area contributed by atoms with E-state index >= 15 is 0 Å². The average Bonchev–Trinajstić information content (AvgIpc) is 2.29. The number of nitrogens with two attached hydrogens (primary N) is 1. The molecule has 1 rings (SSSR count). The van der Waals surface area contributed by atoms with E-state index in [1.165, 1.54) is 13.1 Å². The van der Waals surface area contributed by atoms with Crippen molar-refractivity contribution < 1.29 is 22.0 Å². The first-order valence-corrected chi connectivity index (χ1v) is 7.26. The Hall–Kier alpha value is -1.54. The molecule has 0 aliphatic rings. The minimum atomic E-state index is -3.97. The van der Waals surface area contributed by atoms with Gasteiger partial charge in [-0.15, -0.1) is 0 Å². The highest BCUT2D eigenvalue weighted by Gasteiger charge is 2.21. The molecule has 0 atom stereocenters. The van der Waals surface area contributed by atoms with Gasteiger partial charge in [0.1, 0.15) is 0 Å². The molecule has 0 spiro atoms. The summed E-state index contributed by atoms with van der Waals surface area (Å²) in [6, 6.07) is 2.45. The van der Waals surface area contributed by atoms with Gasteiger partial charge in [0.25, 0.3) is 12.3 Å². The zero-order valence-electron chi connectivity index (χ0n) is 11.4. The highest BCUT2D eigenvalue weighted by Crippen LogP contribution is 2.20. The van der Waals surface area contributed by atoms with Gasteiger partial charge in [-0.3, -0.25) is 4.79 Å². The second kappa shape index (κ2) is 5.84. The molecule has 2 N–H and O–H groups in total. The lowest BCUT2D eigenvalue weighted by Gasteiger charge is -2.19. The molecule has 0 heterocycles. The fraction of sp³-hybridized carbons (Fsp3) is 0.417. The minimum Gasteiger partial charge on any atom is -0.336 e. The van der Waals surface area contributed by atoms with Crippen molar-refractivity contribution in [2.45, 2.75) is 25.2 Å². The predicted octanol–water partition coefficient (Wildman–Crippen LogP) is 1.29. The summed E-state index contributed by atoms with van der Waals surface area (Å²) in [5, 5.41) is 5.03. The first-order valence-electron chi connectivity index (χ1n) is 5.71. The molecule has 0 fully saturated rings. The Kier molecular flexibility index (Phi) is 4.82. The molecule has 20 heavy (non-hydrogen) atoms. The Balaban J connectivity index is 3.31. The van der Waals surface area contributed by atoms with Gasteiger partial charge in [-0.1, -0.05) is 0 Å². The normalized spacial score (nSPS) is 11.8. The number of hydrogen-bond donors (Lipinski definition) is 1. The Bertz CT molecular complexity index is 630. The number of hydrogen-bond acceptors (Lipinski definition) is 3. The fourth-order valence-corrected chi connectivity index (χ4v) is 2.33. The third-order valence-electron chi connectivity index (χ3n) is 2.96. The lowest BCUT2D eigenvalue weighted by atomic mass is 10.0. The highest BCUT2D eigenvalue weighted by molar-refractivity contribution is 7.89. The maximum absolute atomic E-state index is 12.3. The van der Waals surface area contributed by atoms with E-state index in [-0.39, 0.29) is 10.5 Å². The Morgan fingerprint density at radius 3 is 2.35 bits per heavy atom. The number of sulfonamides is 1. The van der Waals surface area contributed by atoms with Crippen LogP contribution in [0.15, 0.2) is 17.0 Å². The van der Waals surface area contributed by atoms with E-state index < -0.39 is 28.9 Å². The maximum atomic E-state index is 12.3. The standard InChI is InChI=1S/C12H16F2N2O3S/c1-7-4-9(20(15,18)19)5-10(8(7)2)12(17)16(3)6-11(13)14/h4-5,11H,6H2,1-3H3,(H2,15,18,19). The molecule has 112 valence electrons. The molecule has 1 aromatic rings. The van der Waals surface area contributed by atoms with Gasteiger partial charge in [0.05, 0.1) is 11.4 Å². The lowest BCUT2D eigenvalue weighted by molar-refractivity contribution is 0.0619. The van der Waals surface area contributed by atoms with E-state index in [0.717, 1.165) is 11.0 Å². The number of benzene rings is 1. The van der Waals surface area contributed by atoms with Gasteiger partial charge < -0.3 is 4.90 Å². The van der Waals surface area contributed by atoms with Gasteiger partial charge in [0, 0.05) is 12.6 Å². The van der Waals surface area contributed by atoms with E-state index in [2.05, 4.69) is 0 Å². The molecule has 0 aliphatic heterocycles. The van der Waals surface area contributed by atoms with Gasteiger partial charge in [-0.2, -0.15) is 0 Å². The van der Waals surface area contributed by atoms with E-state index in [1.54, 1.807) is 13.8 Å². The largest absolute Gasteiger partial charge is 0.336 e. The smallest absolute Gasteiger partial charge is 0.255 e. The molecular formula is C12H16F2N2O3S. The van der Waals surface area contributed by atoms with Crippen LogP contribution in [-0.4, -0.2) is 39.2 Å². The average molecular weight is 306 g/mol. The Labute approximate surface area is 116 Å². The summed E-state index contributed by atoms with van der Waals surface area (Å²) in [5.74, 6) is -0.670. The summed E-state index contributed by atoms with van der Waals surface area (Å²) in [6.45, 7) is 2.51. The van der Waals surface area contributed by atoms with Crippen LogP contribution >= 0.6 is 0 Å². The van der Waals surface area contributed by atoms with Crippen molar-refractivity contribution in [1.29, 1.82) is 0 Å². The van der Waals surface area contributed by atoms with Crippen molar-refractivity contribution in [2.24, 2.45) is 5.14 Å². The van der Waals surface area contributed by atoms with E-state index in [0.29, 0.717) is 11.1 Å². The first-order chi connectivity index (χ1) is 9.04. The van der Waals surface area contributed by atoms with E-state index in [9.17, 15) is 22.0 Å². The number of rotatable bonds is 4. The summed E-state index contributed by atoms with van der Waals surface area (Å²) in [5.41, 5.74) is 1.13. The van der Waals surface area contributed by atoms with Crippen LogP contribution in [0.4, 0.5) is 8.78 Å². The van der Waals surface area contributed by atoms with Crippen LogP contribution in [-0.2, 0) is 10.0 Å². The highest BCUT2D eigenvalue weighted by atomic mass is 32.2. The molecule has 0 saturated heterocycles. The summed E-state index contributed by atoms with van der Waals surface area (Å²) in [7, 11) is -2.74. The molecular weight excluding hydrogens is 290 g/mol. The summed E-state index contributed by atoms with van der Waals surface area (Å²) in [4.78, 5) is 12.7. The van der Waals surface area contributed by atoms with Crippen LogP contribution in [0.2, 0.25) is 0 Å². The lowest BCUT2D eigenvalue weighted by Crippen LogP contribution is -2.32. The molecule has 0 aromatic heterocycles. The number of nitrogens with zero attached hydrogens (tertiary/aromatic N) is 1. The third kappa shape index (κ3) is 3.73. The second-order valence-electron chi connectivity index (χ2n) is 4.53. The molecule has 5 nitrogen and oxygen atoms in total. The molecule has 0 bridgehead atoms. The fourth-order valence-electron chi connectivity index (χ4n) is 1.71. The van der Waals surface area contributed by atoms with Crippen molar-refractivity contribution in [3.05, 3.63) is 28.8 Å². The number of halogens is 2. The summed E-state index contributed by atoms with van der Waals surface area (Å²) in [6.07, 6.45) is -2.66. The quantitative estimate of drug-likeness (QED) is 0.910. The number of carbonyl (C=O) groups excluding carboxylic acids is 1. The number of alkyl halides is 2. The molecule has 8 heteroatoms. The Morgan fingerprint density at radius 1 is 1.35 bits per heavy atom. The number of carbonyl (C=O) groups is 1. The minimum absolute atomic E-state index is 0.0529. The molecule has 0 aliphatic carbocycles. The molecule has 0 unspecified atom stereocenters. The molecule has 0 saturated carbocycles. The van der Waals surface area contributed by atoms with Crippen molar-refractivity contribution in [3.63, 3.8) is 0 Å². The molecule has 1 aromatic carbocycles. The van der Waals surface area contributed by atoms with Crippen LogP contribution in [0.5, 0.6) is 0 Å².